The Kier molecular flexibility index (Phi) is 3.31. The van der Waals surface area contributed by atoms with Crippen molar-refractivity contribution in [3.8, 4) is 5.69 Å². The predicted molar refractivity (Wildman–Crippen MR) is 70.7 cm³/mol. The second-order valence-corrected chi connectivity index (χ2v) is 4.94. The van der Waals surface area contributed by atoms with Crippen LogP contribution in [0, 0.1) is 11.7 Å². The molecule has 2 aromatic rings. The minimum atomic E-state index is 0.425. The van der Waals surface area contributed by atoms with E-state index in [2.05, 4.69) is 4.98 Å². The van der Waals surface area contributed by atoms with Crippen LogP contribution in [0.25, 0.3) is 5.69 Å². The lowest BCUT2D eigenvalue weighted by atomic mass is 10.3. The van der Waals surface area contributed by atoms with Gasteiger partial charge in [-0.1, -0.05) is 34.8 Å². The van der Waals surface area contributed by atoms with Gasteiger partial charge >= 0.3 is 0 Å². The topological polar surface area (TPSA) is 20.7 Å². The summed E-state index contributed by atoms with van der Waals surface area (Å²) in [4.78, 5) is 3.01. The number of hydrogen-bond acceptors (Lipinski definition) is 1. The van der Waals surface area contributed by atoms with Crippen LogP contribution in [0.15, 0.2) is 18.3 Å². The first-order valence-corrected chi connectivity index (χ1v) is 5.96. The third kappa shape index (κ3) is 2.13. The standard InChI is InChI=1S/C10H7Cl3N2S/c1-5-4-15(10(16)14-5)9-3-7(12)6(11)2-8(9)13/h2-4H,1H3,(H,14,16). The van der Waals surface area contributed by atoms with Crippen molar-refractivity contribution in [2.45, 2.75) is 6.92 Å². The van der Waals surface area contributed by atoms with Crippen molar-refractivity contribution < 1.29 is 0 Å². The van der Waals surface area contributed by atoms with Gasteiger partial charge in [-0.15, -0.1) is 0 Å². The fraction of sp³-hybridized carbons (Fsp3) is 0.100. The largest absolute Gasteiger partial charge is 0.335 e. The number of nitrogens with zero attached hydrogens (tertiary/aromatic N) is 1. The van der Waals surface area contributed by atoms with Crippen LogP contribution in [0.2, 0.25) is 15.1 Å². The van der Waals surface area contributed by atoms with Crippen LogP contribution in [0.1, 0.15) is 5.69 Å². The van der Waals surface area contributed by atoms with Crippen LogP contribution in [0.4, 0.5) is 0 Å². The van der Waals surface area contributed by atoms with Crippen molar-refractivity contribution in [1.29, 1.82) is 0 Å². The van der Waals surface area contributed by atoms with E-state index in [1.165, 1.54) is 0 Å². The molecule has 0 bridgehead atoms. The van der Waals surface area contributed by atoms with Crippen molar-refractivity contribution in [2.24, 2.45) is 0 Å². The molecule has 0 aliphatic heterocycles. The Morgan fingerprint density at radius 1 is 1.12 bits per heavy atom. The highest BCUT2D eigenvalue weighted by molar-refractivity contribution is 7.71. The maximum Gasteiger partial charge on any atom is 0.182 e. The zero-order valence-electron chi connectivity index (χ0n) is 8.22. The number of hydrogen-bond donors (Lipinski definition) is 1. The molecule has 0 amide bonds. The van der Waals surface area contributed by atoms with Gasteiger partial charge in [0, 0.05) is 11.9 Å². The number of aromatic nitrogens is 2. The third-order valence-electron chi connectivity index (χ3n) is 2.09. The van der Waals surface area contributed by atoms with Crippen LogP contribution >= 0.6 is 47.0 Å². The first kappa shape index (κ1) is 12.0. The molecule has 0 saturated carbocycles. The Morgan fingerprint density at radius 3 is 2.31 bits per heavy atom. The lowest BCUT2D eigenvalue weighted by Gasteiger charge is -2.06. The summed E-state index contributed by atoms with van der Waals surface area (Å²) in [5, 5.41) is 1.38. The first-order valence-electron chi connectivity index (χ1n) is 4.42. The molecular formula is C10H7Cl3N2S. The summed E-state index contributed by atoms with van der Waals surface area (Å²) in [6.07, 6.45) is 1.85. The lowest BCUT2D eigenvalue weighted by Crippen LogP contribution is -1.93. The molecule has 2 rings (SSSR count). The number of H-pyrrole nitrogens is 1. The van der Waals surface area contributed by atoms with Gasteiger partial charge in [-0.25, -0.2) is 0 Å². The van der Waals surface area contributed by atoms with Gasteiger partial charge in [-0.2, -0.15) is 0 Å². The Labute approximate surface area is 113 Å². The molecule has 2 nitrogen and oxygen atoms in total. The SMILES string of the molecule is Cc1cn(-c2cc(Cl)c(Cl)cc2Cl)c(=S)[nH]1. The summed E-state index contributed by atoms with van der Waals surface area (Å²) in [5.41, 5.74) is 1.66. The van der Waals surface area contributed by atoms with Crippen molar-refractivity contribution in [2.75, 3.05) is 0 Å². The Bertz CT molecular complexity index is 601. The fourth-order valence-electron chi connectivity index (χ4n) is 1.39. The van der Waals surface area contributed by atoms with E-state index in [1.54, 1.807) is 16.7 Å². The highest BCUT2D eigenvalue weighted by Gasteiger charge is 2.09. The predicted octanol–water partition coefficient (Wildman–Crippen LogP) is 4.80. The molecule has 0 fully saturated rings. The number of aromatic amines is 1. The first-order chi connectivity index (χ1) is 7.49. The molecule has 0 unspecified atom stereocenters. The smallest absolute Gasteiger partial charge is 0.182 e. The molecule has 0 radical (unpaired) electrons. The van der Waals surface area contributed by atoms with Crippen molar-refractivity contribution >= 4 is 47.0 Å². The molecule has 0 aliphatic rings. The summed E-state index contributed by atoms with van der Waals surface area (Å²) >= 11 is 23.1. The van der Waals surface area contributed by atoms with Gasteiger partial charge < -0.3 is 4.98 Å². The average Bonchev–Trinajstić information content (AvgIpc) is 2.51. The normalized spacial score (nSPS) is 10.8. The van der Waals surface area contributed by atoms with Crippen molar-refractivity contribution in [3.05, 3.63) is 43.9 Å². The van der Waals surface area contributed by atoms with Crippen LogP contribution in [-0.2, 0) is 0 Å². The summed E-state index contributed by atoms with van der Waals surface area (Å²) in [6, 6.07) is 3.29. The monoisotopic (exact) mass is 292 g/mol. The second kappa shape index (κ2) is 4.41. The Balaban J connectivity index is 2.69. The molecule has 1 aromatic heterocycles. The van der Waals surface area contributed by atoms with E-state index < -0.39 is 0 Å². The molecule has 1 N–H and O–H groups in total. The molecule has 1 aromatic carbocycles. The number of nitrogens with one attached hydrogen (secondary N) is 1. The van der Waals surface area contributed by atoms with Crippen LogP contribution in [0.3, 0.4) is 0 Å². The second-order valence-electron chi connectivity index (χ2n) is 3.33. The number of aryl methyl sites for hydroxylation is 1. The molecule has 6 heteroatoms. The molecule has 84 valence electrons. The van der Waals surface area contributed by atoms with Gasteiger partial charge in [-0.3, -0.25) is 4.57 Å². The van der Waals surface area contributed by atoms with Gasteiger partial charge in [0.05, 0.1) is 20.8 Å². The third-order valence-corrected chi connectivity index (χ3v) is 3.42. The molecule has 0 atom stereocenters. The number of imidazole rings is 1. The molecule has 1 heterocycles. The molecule has 0 saturated heterocycles. The zero-order valence-corrected chi connectivity index (χ0v) is 11.3. The van der Waals surface area contributed by atoms with Crippen LogP contribution in [0.5, 0.6) is 0 Å². The lowest BCUT2D eigenvalue weighted by molar-refractivity contribution is 1.03. The molecule has 0 spiro atoms. The van der Waals surface area contributed by atoms with Crippen molar-refractivity contribution in [3.63, 3.8) is 0 Å². The minimum Gasteiger partial charge on any atom is -0.335 e. The van der Waals surface area contributed by atoms with E-state index in [9.17, 15) is 0 Å². The molecular weight excluding hydrogens is 287 g/mol. The summed E-state index contributed by atoms with van der Waals surface area (Å²) in [6.45, 7) is 1.91. The zero-order chi connectivity index (χ0) is 11.9. The van der Waals surface area contributed by atoms with E-state index >= 15 is 0 Å². The van der Waals surface area contributed by atoms with Gasteiger partial charge in [0.2, 0.25) is 0 Å². The molecule has 0 aliphatic carbocycles. The van der Waals surface area contributed by atoms with Crippen LogP contribution in [-0.4, -0.2) is 9.55 Å². The van der Waals surface area contributed by atoms with E-state index in [0.717, 1.165) is 5.69 Å². The quantitative estimate of drug-likeness (QED) is 0.591. The van der Waals surface area contributed by atoms with Gasteiger partial charge in [0.25, 0.3) is 0 Å². The summed E-state index contributed by atoms with van der Waals surface area (Å²) < 4.78 is 2.33. The van der Waals surface area contributed by atoms with E-state index in [-0.39, 0.29) is 0 Å². The number of halogens is 3. The van der Waals surface area contributed by atoms with E-state index in [1.807, 2.05) is 13.1 Å². The maximum atomic E-state index is 6.09. The van der Waals surface area contributed by atoms with Gasteiger partial charge in [0.15, 0.2) is 4.77 Å². The van der Waals surface area contributed by atoms with Gasteiger partial charge in [0.1, 0.15) is 0 Å². The fourth-order valence-corrected chi connectivity index (χ4v) is 2.33. The van der Waals surface area contributed by atoms with E-state index in [4.69, 9.17) is 47.0 Å². The maximum absolute atomic E-state index is 6.09. The average molecular weight is 294 g/mol. The minimum absolute atomic E-state index is 0.425. The number of benzene rings is 1. The molecule has 16 heavy (non-hydrogen) atoms. The highest BCUT2D eigenvalue weighted by atomic mass is 35.5. The summed E-state index contributed by atoms with van der Waals surface area (Å²) in [5.74, 6) is 0. The highest BCUT2D eigenvalue weighted by Crippen LogP contribution is 2.31. The summed E-state index contributed by atoms with van der Waals surface area (Å²) in [7, 11) is 0. The number of rotatable bonds is 1. The Hall–Kier alpha value is -0.480. The van der Waals surface area contributed by atoms with Gasteiger partial charge in [-0.05, 0) is 31.3 Å². The van der Waals surface area contributed by atoms with Crippen LogP contribution < -0.4 is 0 Å². The Morgan fingerprint density at radius 2 is 1.75 bits per heavy atom. The van der Waals surface area contributed by atoms with Crippen molar-refractivity contribution in [1.82, 2.24) is 9.55 Å². The van der Waals surface area contributed by atoms with E-state index in [0.29, 0.717) is 25.5 Å².